The van der Waals surface area contributed by atoms with Gasteiger partial charge in [-0.15, -0.1) is 0 Å². The van der Waals surface area contributed by atoms with Crippen LogP contribution in [0.15, 0.2) is 48.5 Å². The van der Waals surface area contributed by atoms with Gasteiger partial charge in [-0.2, -0.15) is 0 Å². The Morgan fingerprint density at radius 1 is 1.03 bits per heavy atom. The fraction of sp³-hybridized carbons (Fsp3) is 0.400. The molecule has 0 atom stereocenters. The molecule has 0 radical (unpaired) electrons. The van der Waals surface area contributed by atoms with E-state index in [4.69, 9.17) is 24.2 Å². The Balaban J connectivity index is 1.65. The molecule has 1 aromatic heterocycles. The zero-order valence-electron chi connectivity index (χ0n) is 19.2. The average molecular weight is 451 g/mol. The summed E-state index contributed by atoms with van der Waals surface area (Å²) in [6.45, 7) is 4.19. The van der Waals surface area contributed by atoms with E-state index in [1.165, 1.54) is 0 Å². The van der Waals surface area contributed by atoms with Gasteiger partial charge in [0.15, 0.2) is 5.82 Å². The van der Waals surface area contributed by atoms with Crippen molar-refractivity contribution in [3.05, 3.63) is 48.5 Å². The van der Waals surface area contributed by atoms with Gasteiger partial charge in [0.2, 0.25) is 5.91 Å². The van der Waals surface area contributed by atoms with Crippen molar-refractivity contribution in [1.82, 2.24) is 14.9 Å². The molecule has 0 N–H and O–H groups in total. The number of rotatable bonds is 9. The Morgan fingerprint density at radius 2 is 1.79 bits per heavy atom. The topological polar surface area (TPSA) is 77.0 Å². The van der Waals surface area contributed by atoms with E-state index < -0.39 is 0 Å². The van der Waals surface area contributed by atoms with Crippen molar-refractivity contribution >= 4 is 22.6 Å². The summed E-state index contributed by atoms with van der Waals surface area (Å²) in [5.74, 6) is 2.35. The maximum atomic E-state index is 12.8. The lowest BCUT2D eigenvalue weighted by molar-refractivity contribution is -0.135. The number of nitrogens with zero attached hydrogens (tertiary/aromatic N) is 4. The Bertz CT molecular complexity index is 1070. The van der Waals surface area contributed by atoms with Crippen molar-refractivity contribution in [3.63, 3.8) is 0 Å². The van der Waals surface area contributed by atoms with Crippen LogP contribution in [-0.4, -0.2) is 81.0 Å². The van der Waals surface area contributed by atoms with E-state index in [1.54, 1.807) is 14.2 Å². The molecule has 1 fully saturated rings. The van der Waals surface area contributed by atoms with Gasteiger partial charge in [0.05, 0.1) is 32.4 Å². The first-order valence-electron chi connectivity index (χ1n) is 11.2. The van der Waals surface area contributed by atoms with Gasteiger partial charge in [-0.3, -0.25) is 4.79 Å². The first-order valence-corrected chi connectivity index (χ1v) is 11.2. The van der Waals surface area contributed by atoms with E-state index in [9.17, 15) is 4.79 Å². The van der Waals surface area contributed by atoms with Crippen LogP contribution in [0.2, 0.25) is 0 Å². The summed E-state index contributed by atoms with van der Waals surface area (Å²) >= 11 is 0. The summed E-state index contributed by atoms with van der Waals surface area (Å²) in [6, 6.07) is 15.7. The molecule has 2 aromatic carbocycles. The lowest BCUT2D eigenvalue weighted by atomic mass is 10.1. The summed E-state index contributed by atoms with van der Waals surface area (Å²) in [5, 5.41) is 0.949. The SMILES string of the molecule is COCCN(CCC(=O)N1CCOCC1)c1nc(-c2ccc(OC)cc2)nc2ccccc12. The van der Waals surface area contributed by atoms with E-state index in [0.717, 1.165) is 28.0 Å². The fourth-order valence-corrected chi connectivity index (χ4v) is 3.90. The largest absolute Gasteiger partial charge is 0.497 e. The number of carbonyl (C=O) groups is 1. The minimum atomic E-state index is 0.134. The molecular weight excluding hydrogens is 420 g/mol. The Morgan fingerprint density at radius 3 is 2.52 bits per heavy atom. The van der Waals surface area contributed by atoms with Crippen LogP contribution in [0.5, 0.6) is 5.75 Å². The first kappa shape index (κ1) is 22.9. The summed E-state index contributed by atoms with van der Waals surface area (Å²) < 4.78 is 16.0. The molecule has 2 heterocycles. The molecule has 8 heteroatoms. The molecule has 1 amide bonds. The van der Waals surface area contributed by atoms with E-state index in [1.807, 2.05) is 53.4 Å². The number of aromatic nitrogens is 2. The normalized spacial score (nSPS) is 13.8. The molecular formula is C25H30N4O4. The molecule has 0 spiro atoms. The Hall–Kier alpha value is -3.23. The third kappa shape index (κ3) is 5.58. The lowest BCUT2D eigenvalue weighted by Gasteiger charge is -2.29. The van der Waals surface area contributed by atoms with Gasteiger partial charge in [-0.05, 0) is 36.4 Å². The fourth-order valence-electron chi connectivity index (χ4n) is 3.90. The van der Waals surface area contributed by atoms with Crippen molar-refractivity contribution in [2.24, 2.45) is 0 Å². The quantitative estimate of drug-likeness (QED) is 0.496. The molecule has 0 bridgehead atoms. The third-order valence-corrected chi connectivity index (χ3v) is 5.76. The second-order valence-corrected chi connectivity index (χ2v) is 7.84. The molecule has 1 aliphatic heterocycles. The summed E-state index contributed by atoms with van der Waals surface area (Å²) in [5.41, 5.74) is 1.76. The highest BCUT2D eigenvalue weighted by atomic mass is 16.5. The number of hydrogen-bond donors (Lipinski definition) is 0. The Labute approximate surface area is 194 Å². The zero-order valence-corrected chi connectivity index (χ0v) is 19.2. The third-order valence-electron chi connectivity index (χ3n) is 5.76. The maximum Gasteiger partial charge on any atom is 0.224 e. The number of carbonyl (C=O) groups excluding carboxylic acids is 1. The van der Waals surface area contributed by atoms with Crippen LogP contribution in [0.3, 0.4) is 0 Å². The van der Waals surface area contributed by atoms with Crippen LogP contribution in [0.25, 0.3) is 22.3 Å². The van der Waals surface area contributed by atoms with Crippen molar-refractivity contribution in [3.8, 4) is 17.1 Å². The number of para-hydroxylation sites is 1. The molecule has 8 nitrogen and oxygen atoms in total. The molecule has 0 aliphatic carbocycles. The molecule has 4 rings (SSSR count). The highest BCUT2D eigenvalue weighted by Gasteiger charge is 2.20. The molecule has 174 valence electrons. The van der Waals surface area contributed by atoms with E-state index >= 15 is 0 Å². The number of morpholine rings is 1. The standard InChI is InChI=1S/C25H30N4O4/c1-31-16-13-29(12-11-23(30)28-14-17-33-18-15-28)25-21-5-3-4-6-22(21)26-24(27-25)19-7-9-20(32-2)10-8-19/h3-10H,11-18H2,1-2H3. The number of ether oxygens (including phenoxy) is 3. The smallest absolute Gasteiger partial charge is 0.224 e. The summed E-state index contributed by atoms with van der Waals surface area (Å²) in [4.78, 5) is 26.5. The number of hydrogen-bond acceptors (Lipinski definition) is 7. The van der Waals surface area contributed by atoms with Crippen LogP contribution in [0.1, 0.15) is 6.42 Å². The highest BCUT2D eigenvalue weighted by molar-refractivity contribution is 5.91. The van der Waals surface area contributed by atoms with Crippen LogP contribution in [0, 0.1) is 0 Å². The number of benzene rings is 2. The van der Waals surface area contributed by atoms with Gasteiger partial charge in [0, 0.05) is 50.7 Å². The Kier molecular flexibility index (Phi) is 7.70. The van der Waals surface area contributed by atoms with Crippen LogP contribution in [0.4, 0.5) is 5.82 Å². The van der Waals surface area contributed by atoms with Gasteiger partial charge in [-0.25, -0.2) is 9.97 Å². The van der Waals surface area contributed by atoms with E-state index in [2.05, 4.69) is 4.90 Å². The van der Waals surface area contributed by atoms with Gasteiger partial charge in [0.25, 0.3) is 0 Å². The van der Waals surface area contributed by atoms with Crippen molar-refractivity contribution in [2.45, 2.75) is 6.42 Å². The monoisotopic (exact) mass is 450 g/mol. The van der Waals surface area contributed by atoms with E-state index in [-0.39, 0.29) is 5.91 Å². The molecule has 1 aliphatic rings. The predicted molar refractivity (Wildman–Crippen MR) is 128 cm³/mol. The average Bonchev–Trinajstić information content (AvgIpc) is 2.88. The second-order valence-electron chi connectivity index (χ2n) is 7.84. The number of fused-ring (bicyclic) bond motifs is 1. The zero-order chi connectivity index (χ0) is 23.0. The maximum absolute atomic E-state index is 12.8. The highest BCUT2D eigenvalue weighted by Crippen LogP contribution is 2.28. The second kappa shape index (κ2) is 11.1. The van der Waals surface area contributed by atoms with Crippen molar-refractivity contribution < 1.29 is 19.0 Å². The van der Waals surface area contributed by atoms with Gasteiger partial charge in [0.1, 0.15) is 11.6 Å². The van der Waals surface area contributed by atoms with Gasteiger partial charge < -0.3 is 24.0 Å². The minimum absolute atomic E-state index is 0.134. The number of anilines is 1. The minimum Gasteiger partial charge on any atom is -0.497 e. The molecule has 0 saturated carbocycles. The van der Waals surface area contributed by atoms with Crippen LogP contribution in [-0.2, 0) is 14.3 Å². The molecule has 1 saturated heterocycles. The van der Waals surface area contributed by atoms with E-state index in [0.29, 0.717) is 58.2 Å². The van der Waals surface area contributed by atoms with Gasteiger partial charge in [-0.1, -0.05) is 12.1 Å². The van der Waals surface area contributed by atoms with Crippen molar-refractivity contribution in [1.29, 1.82) is 0 Å². The van der Waals surface area contributed by atoms with Crippen molar-refractivity contribution in [2.75, 3.05) is 65.1 Å². The number of methoxy groups -OCH3 is 2. The van der Waals surface area contributed by atoms with Crippen LogP contribution < -0.4 is 9.64 Å². The summed E-state index contributed by atoms with van der Waals surface area (Å²) in [7, 11) is 3.32. The summed E-state index contributed by atoms with van der Waals surface area (Å²) in [6.07, 6.45) is 0.403. The van der Waals surface area contributed by atoms with Gasteiger partial charge >= 0.3 is 0 Å². The molecule has 0 unspecified atom stereocenters. The number of amides is 1. The molecule has 3 aromatic rings. The van der Waals surface area contributed by atoms with Crippen LogP contribution >= 0.6 is 0 Å². The molecule has 33 heavy (non-hydrogen) atoms. The first-order chi connectivity index (χ1) is 16.2. The lowest BCUT2D eigenvalue weighted by Crippen LogP contribution is -2.42. The predicted octanol–water partition coefficient (Wildman–Crippen LogP) is 3.01.